The third-order valence-corrected chi connectivity index (χ3v) is 26.6. The van der Waals surface area contributed by atoms with Gasteiger partial charge >= 0.3 is 0 Å². The first kappa shape index (κ1) is 66.0. The number of ether oxygens (including phenoxy) is 3. The molecule has 10 rings (SSSR count). The van der Waals surface area contributed by atoms with Crippen LogP contribution in [0.5, 0.6) is 0 Å². The van der Waals surface area contributed by atoms with Crippen molar-refractivity contribution in [2.75, 3.05) is 45.7 Å². The van der Waals surface area contributed by atoms with Gasteiger partial charge in [-0.05, 0) is 187 Å². The molecule has 4 saturated carbocycles. The van der Waals surface area contributed by atoms with E-state index in [1.54, 1.807) is 0 Å². The standard InChI is InChI=1S/C13H26O.C12H23N.C11H21N.C11H20O.C11H22O.C11H20S/c1-11(2,3)13(12(4,5)6)9-7-8-10-14-13;1-10(2)9-11(3,4)12(10)7-6-8-13(12)5;2*1-9(2)8-10(3,4)11(9)6-5-7-12-11;1-9(2,3)11(7-8-12-11)10(4,5)6;1-9(2)8-10(3,4)11(9)6-5-7-12-11/h7-10H2,1-6H3;6-9H2,1-5H3;12H,5-8H2,1-4H3;5-8H2,1-4H3;7-8H2,1-6H3;5-8H2,1-4H3. The molecule has 6 heterocycles. The SMILES string of the molecule is CC(C)(C)C1(C(C)(C)C)CCCCO1.CC(C)(C)C1(C(C)(C)C)CCO1.CC1(C)CC(C)(C)C12CCCN2.CC1(C)CC(C)(C)C12CCCO2.CC1(C)CC(C)(C)C12CCCS2.CN1CCCC12C(C)(C)CC2(C)C. The molecule has 75 heavy (non-hydrogen) atoms. The number of likely N-dealkylation sites (tertiary alicyclic amines) is 1. The number of thioether (sulfide) groups is 1. The van der Waals surface area contributed by atoms with Crippen molar-refractivity contribution in [3.8, 4) is 0 Å². The van der Waals surface area contributed by atoms with Crippen molar-refractivity contribution in [1.29, 1.82) is 0 Å². The molecule has 0 unspecified atom stereocenters. The van der Waals surface area contributed by atoms with Gasteiger partial charge < -0.3 is 19.5 Å². The van der Waals surface area contributed by atoms with Gasteiger partial charge in [0, 0.05) is 35.5 Å². The lowest BCUT2D eigenvalue weighted by Crippen LogP contribution is -2.71. The average molecular weight is 1070 g/mol. The van der Waals surface area contributed by atoms with Crippen LogP contribution in [-0.2, 0) is 14.2 Å². The van der Waals surface area contributed by atoms with E-state index in [9.17, 15) is 0 Å². The predicted octanol–water partition coefficient (Wildman–Crippen LogP) is 19.4. The maximum absolute atomic E-state index is 6.19. The molecule has 1 N–H and O–H groups in total. The summed E-state index contributed by atoms with van der Waals surface area (Å²) in [5.41, 5.74) is 6.39. The third kappa shape index (κ3) is 10.7. The monoisotopic (exact) mass is 1070 g/mol. The fraction of sp³-hybridized carbons (Fsp3) is 1.00. The lowest BCUT2D eigenvalue weighted by molar-refractivity contribution is -0.258. The molecular formula is C69H132N2O3S. The number of rotatable bonds is 0. The molecule has 0 radical (unpaired) electrons. The van der Waals surface area contributed by atoms with E-state index in [1.807, 2.05) is 0 Å². The van der Waals surface area contributed by atoms with Gasteiger partial charge in [0.2, 0.25) is 0 Å². The summed E-state index contributed by atoms with van der Waals surface area (Å²) in [6, 6.07) is 0. The van der Waals surface area contributed by atoms with E-state index in [-0.39, 0.29) is 38.5 Å². The lowest BCUT2D eigenvalue weighted by atomic mass is 9.42. The Balaban J connectivity index is 0.000000167. The fourth-order valence-corrected chi connectivity index (χ4v) is 24.4. The van der Waals surface area contributed by atoms with Crippen LogP contribution >= 0.6 is 11.8 Å². The van der Waals surface area contributed by atoms with Crippen LogP contribution in [0, 0.1) is 65.0 Å². The molecule has 0 bridgehead atoms. The third-order valence-electron chi connectivity index (χ3n) is 24.3. The zero-order chi connectivity index (χ0) is 57.7. The molecule has 10 fully saturated rings. The fourth-order valence-electron chi connectivity index (χ4n) is 22.5. The number of hydrogen-bond acceptors (Lipinski definition) is 6. The van der Waals surface area contributed by atoms with Crippen LogP contribution in [0.15, 0.2) is 0 Å². The van der Waals surface area contributed by atoms with Crippen molar-refractivity contribution in [3.63, 3.8) is 0 Å². The Hall–Kier alpha value is 0.150. The number of nitrogens with one attached hydrogen (secondary N) is 1. The highest BCUT2D eigenvalue weighted by molar-refractivity contribution is 8.01. The van der Waals surface area contributed by atoms with Gasteiger partial charge in [-0.1, -0.05) is 194 Å². The van der Waals surface area contributed by atoms with Crippen LogP contribution in [0.2, 0.25) is 0 Å². The second-order valence-electron chi connectivity index (χ2n) is 36.2. The van der Waals surface area contributed by atoms with Crippen LogP contribution < -0.4 is 5.32 Å². The van der Waals surface area contributed by atoms with E-state index in [2.05, 4.69) is 223 Å². The Morgan fingerprint density at radius 2 is 0.813 bits per heavy atom. The summed E-state index contributed by atoms with van der Waals surface area (Å²) in [4.78, 5) is 2.62. The first-order valence-electron chi connectivity index (χ1n) is 31.5. The van der Waals surface area contributed by atoms with Crippen LogP contribution in [0.25, 0.3) is 0 Å². The summed E-state index contributed by atoms with van der Waals surface area (Å²) in [7, 11) is 2.32. The van der Waals surface area contributed by atoms with Gasteiger partial charge in [0.25, 0.3) is 0 Å². The first-order valence-corrected chi connectivity index (χ1v) is 32.5. The molecule has 0 atom stereocenters. The Kier molecular flexibility index (Phi) is 18.3. The summed E-state index contributed by atoms with van der Waals surface area (Å²) in [5, 5.41) is 3.75. The van der Waals surface area contributed by atoms with E-state index >= 15 is 0 Å². The van der Waals surface area contributed by atoms with Crippen LogP contribution in [0.3, 0.4) is 0 Å². The molecule has 6 heteroatoms. The van der Waals surface area contributed by atoms with Gasteiger partial charge in [0.05, 0.1) is 23.4 Å². The van der Waals surface area contributed by atoms with Gasteiger partial charge in [-0.2, -0.15) is 11.8 Å². The van der Waals surface area contributed by atoms with Gasteiger partial charge in [-0.3, -0.25) is 4.90 Å². The molecule has 5 nitrogen and oxygen atoms in total. The zero-order valence-corrected chi connectivity index (χ0v) is 57.0. The van der Waals surface area contributed by atoms with E-state index < -0.39 is 0 Å². The van der Waals surface area contributed by atoms with Crippen molar-refractivity contribution in [2.45, 2.75) is 329 Å². The second kappa shape index (κ2) is 20.8. The molecule has 4 spiro atoms. The van der Waals surface area contributed by atoms with Gasteiger partial charge in [-0.15, -0.1) is 0 Å². The minimum atomic E-state index is 0.0538. The molecule has 4 aliphatic carbocycles. The molecule has 442 valence electrons. The molecule has 0 aromatic carbocycles. The van der Waals surface area contributed by atoms with E-state index in [1.165, 1.54) is 122 Å². The Labute approximate surface area is 473 Å². The van der Waals surface area contributed by atoms with Crippen molar-refractivity contribution < 1.29 is 14.2 Å². The highest BCUT2D eigenvalue weighted by atomic mass is 32.2. The van der Waals surface area contributed by atoms with Crippen LogP contribution in [-0.4, -0.2) is 83.2 Å². The predicted molar refractivity (Wildman–Crippen MR) is 329 cm³/mol. The normalized spacial score (nSPS) is 31.0. The Morgan fingerprint density at radius 1 is 0.387 bits per heavy atom. The van der Waals surface area contributed by atoms with Crippen molar-refractivity contribution >= 4 is 11.8 Å². The minimum Gasteiger partial charge on any atom is -0.374 e. The Morgan fingerprint density at radius 3 is 1.01 bits per heavy atom. The van der Waals surface area contributed by atoms with E-state index in [0.29, 0.717) is 59.1 Å². The zero-order valence-electron chi connectivity index (χ0n) is 56.1. The molecule has 0 aromatic heterocycles. The summed E-state index contributed by atoms with van der Waals surface area (Å²) < 4.78 is 18.7. The molecule has 6 aliphatic heterocycles. The van der Waals surface area contributed by atoms with Crippen LogP contribution in [0.1, 0.15) is 297 Å². The van der Waals surface area contributed by atoms with E-state index in [0.717, 1.165) is 19.8 Å². The highest BCUT2D eigenvalue weighted by Gasteiger charge is 2.70. The molecular weight excluding hydrogens is 937 g/mol. The minimum absolute atomic E-state index is 0.0538. The van der Waals surface area contributed by atoms with Crippen LogP contribution in [0.4, 0.5) is 0 Å². The average Bonchev–Trinajstić information content (AvgIpc) is 4.03. The molecule has 0 aromatic rings. The largest absolute Gasteiger partial charge is 0.374 e. The summed E-state index contributed by atoms with van der Waals surface area (Å²) >= 11 is 2.25. The van der Waals surface area contributed by atoms with Gasteiger partial charge in [0.15, 0.2) is 0 Å². The topological polar surface area (TPSA) is 43.0 Å². The summed E-state index contributed by atoms with van der Waals surface area (Å²) in [6.45, 7) is 71.5. The Bertz CT molecular complexity index is 1660. The summed E-state index contributed by atoms with van der Waals surface area (Å²) in [6.07, 6.45) is 21.4. The molecule has 0 amide bonds. The van der Waals surface area contributed by atoms with E-state index in [4.69, 9.17) is 14.2 Å². The first-order chi connectivity index (χ1) is 33.5. The number of hydrogen-bond donors (Lipinski definition) is 1. The maximum atomic E-state index is 6.19. The highest BCUT2D eigenvalue weighted by Crippen LogP contribution is 2.72. The molecule has 6 saturated heterocycles. The quantitative estimate of drug-likeness (QED) is 0.261. The molecule has 10 aliphatic rings. The van der Waals surface area contributed by atoms with Gasteiger partial charge in [0.1, 0.15) is 0 Å². The van der Waals surface area contributed by atoms with Crippen molar-refractivity contribution in [1.82, 2.24) is 10.2 Å². The maximum Gasteiger partial charge on any atom is 0.0800 e. The van der Waals surface area contributed by atoms with Gasteiger partial charge in [-0.25, -0.2) is 0 Å². The van der Waals surface area contributed by atoms with Crippen molar-refractivity contribution in [3.05, 3.63) is 0 Å². The second-order valence-corrected chi connectivity index (χ2v) is 37.6. The summed E-state index contributed by atoms with van der Waals surface area (Å²) in [5.74, 6) is 1.40. The number of nitrogens with zero attached hydrogens (tertiary/aromatic N) is 1. The lowest BCUT2D eigenvalue weighted by Gasteiger charge is -2.69. The van der Waals surface area contributed by atoms with Crippen molar-refractivity contribution in [2.24, 2.45) is 65.0 Å². The smallest absolute Gasteiger partial charge is 0.0800 e.